The molecule has 7 nitrogen and oxygen atoms in total. The average Bonchev–Trinajstić information content (AvgIpc) is 2.93. The number of hydrogen-bond donors (Lipinski definition) is 2. The smallest absolute Gasteiger partial charge is 0.407 e. The molecule has 0 saturated carbocycles. The number of carbonyl (C=O) groups excluding carboxylic acids is 1. The number of carbonyl (C=O) groups is 2. The maximum Gasteiger partial charge on any atom is 0.407 e. The van der Waals surface area contributed by atoms with Crippen molar-refractivity contribution in [1.29, 1.82) is 0 Å². The number of nitrogens with zero attached hydrogens (tertiary/aromatic N) is 2. The van der Waals surface area contributed by atoms with E-state index in [1.165, 1.54) is 12.1 Å². The second kappa shape index (κ2) is 7.55. The zero-order valence-corrected chi connectivity index (χ0v) is 15.2. The highest BCUT2D eigenvalue weighted by Gasteiger charge is 2.16. The summed E-state index contributed by atoms with van der Waals surface area (Å²) < 4.78 is 20.5. The van der Waals surface area contributed by atoms with E-state index < -0.39 is 23.5 Å². The average molecular weight is 363 g/mol. The molecule has 0 aliphatic rings. The van der Waals surface area contributed by atoms with Crippen LogP contribution in [0, 0.1) is 12.7 Å². The minimum atomic E-state index is -1.32. The van der Waals surface area contributed by atoms with Gasteiger partial charge in [0.25, 0.3) is 0 Å². The predicted octanol–water partition coefficient (Wildman–Crippen LogP) is 3.22. The van der Waals surface area contributed by atoms with E-state index in [0.29, 0.717) is 29.8 Å². The van der Waals surface area contributed by atoms with Crippen LogP contribution < -0.4 is 5.32 Å². The Morgan fingerprint density at radius 3 is 2.65 bits per heavy atom. The monoisotopic (exact) mass is 363 g/mol. The van der Waals surface area contributed by atoms with Gasteiger partial charge in [-0.15, -0.1) is 0 Å². The molecule has 0 saturated heterocycles. The maximum absolute atomic E-state index is 13.7. The lowest BCUT2D eigenvalue weighted by Gasteiger charge is -2.19. The van der Waals surface area contributed by atoms with Gasteiger partial charge < -0.3 is 15.2 Å². The molecule has 0 spiro atoms. The van der Waals surface area contributed by atoms with Crippen LogP contribution in [0.3, 0.4) is 0 Å². The Balaban J connectivity index is 2.05. The van der Waals surface area contributed by atoms with Crippen molar-refractivity contribution in [1.82, 2.24) is 15.1 Å². The van der Waals surface area contributed by atoms with Crippen molar-refractivity contribution in [2.75, 3.05) is 6.54 Å². The molecule has 8 heteroatoms. The first-order valence-electron chi connectivity index (χ1n) is 8.10. The van der Waals surface area contributed by atoms with Crippen molar-refractivity contribution in [2.45, 2.75) is 39.8 Å². The van der Waals surface area contributed by atoms with Crippen LogP contribution in [-0.2, 0) is 11.3 Å². The quantitative estimate of drug-likeness (QED) is 0.851. The zero-order valence-electron chi connectivity index (χ0n) is 15.2. The summed E-state index contributed by atoms with van der Waals surface area (Å²) in [7, 11) is 0. The summed E-state index contributed by atoms with van der Waals surface area (Å²) in [4.78, 5) is 22.7. The van der Waals surface area contributed by atoms with Gasteiger partial charge in [-0.2, -0.15) is 5.10 Å². The van der Waals surface area contributed by atoms with Crippen molar-refractivity contribution in [2.24, 2.45) is 0 Å². The number of ether oxygens (including phenoxy) is 1. The summed E-state index contributed by atoms with van der Waals surface area (Å²) in [6.07, 6.45) is 2.77. The van der Waals surface area contributed by atoms with Crippen molar-refractivity contribution in [3.05, 3.63) is 41.5 Å². The van der Waals surface area contributed by atoms with Gasteiger partial charge in [0.1, 0.15) is 11.4 Å². The van der Waals surface area contributed by atoms with Crippen LogP contribution in [0.2, 0.25) is 0 Å². The van der Waals surface area contributed by atoms with Gasteiger partial charge in [-0.1, -0.05) is 0 Å². The number of aromatic carboxylic acids is 1. The molecule has 2 rings (SSSR count). The molecule has 0 aliphatic carbocycles. The van der Waals surface area contributed by atoms with E-state index >= 15 is 0 Å². The number of aryl methyl sites for hydroxylation is 1. The number of benzene rings is 1. The standard InChI is InChI=1S/C18H22FN3O4/c1-11-7-15(19)14(16(23)24)8-13(11)12-9-21-22(10-12)6-5-20-17(25)26-18(2,3)4/h7-10H,5-6H2,1-4H3,(H,20,25)(H,23,24). The number of alkyl carbamates (subject to hydrolysis) is 1. The van der Waals surface area contributed by atoms with Crippen LogP contribution >= 0.6 is 0 Å². The van der Waals surface area contributed by atoms with Gasteiger partial charge in [0.2, 0.25) is 0 Å². The van der Waals surface area contributed by atoms with E-state index in [1.54, 1.807) is 44.8 Å². The van der Waals surface area contributed by atoms with Gasteiger partial charge in [-0.05, 0) is 51.0 Å². The van der Waals surface area contributed by atoms with Gasteiger partial charge in [-0.25, -0.2) is 14.0 Å². The molecule has 140 valence electrons. The van der Waals surface area contributed by atoms with Gasteiger partial charge >= 0.3 is 12.1 Å². The molecule has 1 amide bonds. The number of carboxylic acid groups (broad SMARTS) is 1. The largest absolute Gasteiger partial charge is 0.478 e. The van der Waals surface area contributed by atoms with E-state index in [1.807, 2.05) is 0 Å². The van der Waals surface area contributed by atoms with Crippen molar-refractivity contribution >= 4 is 12.1 Å². The molecule has 26 heavy (non-hydrogen) atoms. The van der Waals surface area contributed by atoms with E-state index in [4.69, 9.17) is 9.84 Å². The normalized spacial score (nSPS) is 11.3. The van der Waals surface area contributed by atoms with E-state index in [0.717, 1.165) is 0 Å². The lowest BCUT2D eigenvalue weighted by atomic mass is 10.00. The molecule has 0 atom stereocenters. The number of halogens is 1. The Labute approximate surface area is 150 Å². The van der Waals surface area contributed by atoms with Gasteiger partial charge in [-0.3, -0.25) is 4.68 Å². The molecule has 0 bridgehead atoms. The number of carboxylic acids is 1. The van der Waals surface area contributed by atoms with E-state index in [2.05, 4.69) is 10.4 Å². The van der Waals surface area contributed by atoms with Crippen LogP contribution in [0.1, 0.15) is 36.7 Å². The Hall–Kier alpha value is -2.90. The van der Waals surface area contributed by atoms with Gasteiger partial charge in [0, 0.05) is 18.3 Å². The summed E-state index contributed by atoms with van der Waals surface area (Å²) in [5.41, 5.74) is 0.923. The number of hydrogen-bond acceptors (Lipinski definition) is 4. The number of nitrogens with one attached hydrogen (secondary N) is 1. The topological polar surface area (TPSA) is 93.5 Å². The molecule has 0 unspecified atom stereocenters. The Bertz CT molecular complexity index is 824. The molecule has 1 aromatic carbocycles. The molecular formula is C18H22FN3O4. The maximum atomic E-state index is 13.7. The molecule has 2 N–H and O–H groups in total. The molecule has 0 radical (unpaired) electrons. The molecule has 0 aliphatic heterocycles. The second-order valence-electron chi connectivity index (χ2n) is 6.87. The molecule has 0 fully saturated rings. The summed E-state index contributed by atoms with van der Waals surface area (Å²) in [6, 6.07) is 2.49. The number of amides is 1. The SMILES string of the molecule is Cc1cc(F)c(C(=O)O)cc1-c1cnn(CCNC(=O)OC(C)(C)C)c1. The highest BCUT2D eigenvalue weighted by Crippen LogP contribution is 2.26. The number of rotatable bonds is 5. The summed E-state index contributed by atoms with van der Waals surface area (Å²) in [5, 5.41) is 15.9. The van der Waals surface area contributed by atoms with Crippen LogP contribution in [0.15, 0.2) is 24.5 Å². The van der Waals surface area contributed by atoms with Gasteiger partial charge in [0.15, 0.2) is 0 Å². The van der Waals surface area contributed by atoms with Crippen molar-refractivity contribution < 1.29 is 23.8 Å². The van der Waals surface area contributed by atoms with E-state index in [9.17, 15) is 14.0 Å². The summed E-state index contributed by atoms with van der Waals surface area (Å²) >= 11 is 0. The van der Waals surface area contributed by atoms with E-state index in [-0.39, 0.29) is 5.56 Å². The Kier molecular flexibility index (Phi) is 5.64. The summed E-state index contributed by atoms with van der Waals surface area (Å²) in [5.74, 6) is -2.09. The molecular weight excluding hydrogens is 341 g/mol. The zero-order chi connectivity index (χ0) is 19.5. The highest BCUT2D eigenvalue weighted by molar-refractivity contribution is 5.90. The molecule has 1 heterocycles. The van der Waals surface area contributed by atoms with Crippen LogP contribution in [0.25, 0.3) is 11.1 Å². The minimum Gasteiger partial charge on any atom is -0.478 e. The number of aromatic nitrogens is 2. The molecule has 1 aromatic heterocycles. The predicted molar refractivity (Wildman–Crippen MR) is 93.6 cm³/mol. The fourth-order valence-electron chi connectivity index (χ4n) is 2.36. The third-order valence-corrected chi connectivity index (χ3v) is 3.50. The third kappa shape index (κ3) is 5.05. The fourth-order valence-corrected chi connectivity index (χ4v) is 2.36. The van der Waals surface area contributed by atoms with Crippen molar-refractivity contribution in [3.8, 4) is 11.1 Å². The minimum absolute atomic E-state index is 0.318. The fraction of sp³-hybridized carbons (Fsp3) is 0.389. The summed E-state index contributed by atoms with van der Waals surface area (Å²) in [6.45, 7) is 7.77. The van der Waals surface area contributed by atoms with Crippen LogP contribution in [0.4, 0.5) is 9.18 Å². The first-order valence-corrected chi connectivity index (χ1v) is 8.10. The lowest BCUT2D eigenvalue weighted by Crippen LogP contribution is -2.34. The first-order chi connectivity index (χ1) is 12.1. The first kappa shape index (κ1) is 19.4. The van der Waals surface area contributed by atoms with Crippen LogP contribution in [-0.4, -0.2) is 39.1 Å². The van der Waals surface area contributed by atoms with Crippen LogP contribution in [0.5, 0.6) is 0 Å². The molecule has 2 aromatic rings. The Morgan fingerprint density at radius 1 is 1.35 bits per heavy atom. The van der Waals surface area contributed by atoms with Gasteiger partial charge in [0.05, 0.1) is 18.3 Å². The van der Waals surface area contributed by atoms with Crippen molar-refractivity contribution in [3.63, 3.8) is 0 Å². The second-order valence-corrected chi connectivity index (χ2v) is 6.87. The Morgan fingerprint density at radius 2 is 2.04 bits per heavy atom. The highest BCUT2D eigenvalue weighted by atomic mass is 19.1. The lowest BCUT2D eigenvalue weighted by molar-refractivity contribution is 0.0525. The third-order valence-electron chi connectivity index (χ3n) is 3.50.